The Hall–Kier alpha value is -2.39. The van der Waals surface area contributed by atoms with Gasteiger partial charge >= 0.3 is 0 Å². The van der Waals surface area contributed by atoms with Crippen molar-refractivity contribution in [2.24, 2.45) is 13.0 Å². The first-order valence-corrected chi connectivity index (χ1v) is 9.91. The van der Waals surface area contributed by atoms with Gasteiger partial charge in [0.1, 0.15) is 10.7 Å². The number of sulfonamides is 1. The number of carbonyl (C=O) groups excluding carboxylic acids is 1. The first kappa shape index (κ1) is 18.4. The molecule has 0 saturated carbocycles. The summed E-state index contributed by atoms with van der Waals surface area (Å²) in [4.78, 5) is 14.1. The fourth-order valence-electron chi connectivity index (χ4n) is 2.85. The second-order valence-electron chi connectivity index (χ2n) is 6.32. The number of aromatic nitrogens is 2. The monoisotopic (exact) mass is 378 g/mol. The van der Waals surface area contributed by atoms with E-state index < -0.39 is 10.0 Å². The van der Waals surface area contributed by atoms with Crippen LogP contribution in [0.25, 0.3) is 6.08 Å². The summed E-state index contributed by atoms with van der Waals surface area (Å²) < 4.78 is 33.7. The number of nitrogens with one attached hydrogen (secondary N) is 1. The molecular weight excluding hydrogens is 356 g/mol. The Morgan fingerprint density at radius 3 is 2.81 bits per heavy atom. The Balaban J connectivity index is 1.46. The van der Waals surface area contributed by atoms with E-state index in [2.05, 4.69) is 9.82 Å². The van der Waals surface area contributed by atoms with Gasteiger partial charge in [0.15, 0.2) is 0 Å². The number of furan rings is 1. The van der Waals surface area contributed by atoms with Crippen LogP contribution in [0.4, 0.5) is 0 Å². The zero-order chi connectivity index (χ0) is 18.6. The molecule has 1 fully saturated rings. The average molecular weight is 378 g/mol. The summed E-state index contributed by atoms with van der Waals surface area (Å²) in [5.41, 5.74) is 0. The summed E-state index contributed by atoms with van der Waals surface area (Å²) in [6.45, 7) is 1.59. The van der Waals surface area contributed by atoms with E-state index in [-0.39, 0.29) is 16.7 Å². The molecule has 0 spiro atoms. The maximum Gasteiger partial charge on any atom is 0.246 e. The molecule has 1 amide bonds. The van der Waals surface area contributed by atoms with Crippen molar-refractivity contribution in [3.63, 3.8) is 0 Å². The molecular formula is C17H22N4O4S. The zero-order valence-electron chi connectivity index (χ0n) is 14.5. The van der Waals surface area contributed by atoms with E-state index in [0.717, 1.165) is 12.8 Å². The van der Waals surface area contributed by atoms with Crippen LogP contribution in [-0.4, -0.2) is 48.6 Å². The molecule has 2 aromatic heterocycles. The van der Waals surface area contributed by atoms with Crippen molar-refractivity contribution in [1.82, 2.24) is 19.4 Å². The number of hydrogen-bond donors (Lipinski definition) is 1. The van der Waals surface area contributed by atoms with E-state index in [1.54, 1.807) is 36.4 Å². The SMILES string of the molecule is Cn1cc(S(=O)(=O)NCC2CCN(C(=O)/C=C/c3ccco3)CC2)cn1. The molecule has 1 saturated heterocycles. The number of piperidine rings is 1. The van der Waals surface area contributed by atoms with Crippen LogP contribution in [0.5, 0.6) is 0 Å². The van der Waals surface area contributed by atoms with Crippen molar-refractivity contribution in [2.75, 3.05) is 19.6 Å². The molecule has 3 heterocycles. The van der Waals surface area contributed by atoms with Gasteiger partial charge in [-0.15, -0.1) is 0 Å². The number of nitrogens with zero attached hydrogens (tertiary/aromatic N) is 3. The smallest absolute Gasteiger partial charge is 0.246 e. The van der Waals surface area contributed by atoms with Gasteiger partial charge < -0.3 is 9.32 Å². The van der Waals surface area contributed by atoms with E-state index >= 15 is 0 Å². The second-order valence-corrected chi connectivity index (χ2v) is 8.09. The highest BCUT2D eigenvalue weighted by Crippen LogP contribution is 2.18. The van der Waals surface area contributed by atoms with Crippen LogP contribution in [0.1, 0.15) is 18.6 Å². The molecule has 2 aromatic rings. The van der Waals surface area contributed by atoms with E-state index in [4.69, 9.17) is 4.42 Å². The lowest BCUT2D eigenvalue weighted by Crippen LogP contribution is -2.40. The number of rotatable bonds is 6. The largest absolute Gasteiger partial charge is 0.465 e. The molecule has 1 aliphatic rings. The standard InChI is InChI=1S/C17H22N4O4S/c1-20-13-16(12-18-20)26(23,24)19-11-14-6-8-21(9-7-14)17(22)5-4-15-3-2-10-25-15/h2-5,10,12-14,19H,6-9,11H2,1H3/b5-4+. The molecule has 1 aliphatic heterocycles. The van der Waals surface area contributed by atoms with Crippen LogP contribution in [0.2, 0.25) is 0 Å². The van der Waals surface area contributed by atoms with Crippen LogP contribution in [0, 0.1) is 5.92 Å². The highest BCUT2D eigenvalue weighted by molar-refractivity contribution is 7.89. The molecule has 0 unspecified atom stereocenters. The molecule has 9 heteroatoms. The summed E-state index contributed by atoms with van der Waals surface area (Å²) in [7, 11) is -1.87. The van der Waals surface area contributed by atoms with Gasteiger partial charge in [-0.25, -0.2) is 13.1 Å². The minimum atomic E-state index is -3.54. The first-order chi connectivity index (χ1) is 12.4. The maximum atomic E-state index is 12.2. The lowest BCUT2D eigenvalue weighted by molar-refractivity contribution is -0.127. The lowest BCUT2D eigenvalue weighted by atomic mass is 9.97. The van der Waals surface area contributed by atoms with Gasteiger partial charge in [-0.2, -0.15) is 5.10 Å². The Morgan fingerprint density at radius 1 is 1.42 bits per heavy atom. The van der Waals surface area contributed by atoms with Crippen molar-refractivity contribution >= 4 is 22.0 Å². The number of aryl methyl sites for hydroxylation is 1. The quantitative estimate of drug-likeness (QED) is 0.763. The third-order valence-electron chi connectivity index (χ3n) is 4.41. The topological polar surface area (TPSA) is 97.4 Å². The van der Waals surface area contributed by atoms with Crippen LogP contribution in [0.15, 0.2) is 46.2 Å². The molecule has 0 radical (unpaired) electrons. The molecule has 0 atom stereocenters. The van der Waals surface area contributed by atoms with E-state index in [1.165, 1.54) is 23.2 Å². The molecule has 140 valence electrons. The van der Waals surface area contributed by atoms with Crippen LogP contribution >= 0.6 is 0 Å². The number of amides is 1. The molecule has 3 rings (SSSR count). The summed E-state index contributed by atoms with van der Waals surface area (Å²) >= 11 is 0. The van der Waals surface area contributed by atoms with Gasteiger partial charge in [0.05, 0.1) is 12.5 Å². The molecule has 0 aliphatic carbocycles. The van der Waals surface area contributed by atoms with Crippen molar-refractivity contribution in [3.8, 4) is 0 Å². The Morgan fingerprint density at radius 2 is 2.19 bits per heavy atom. The van der Waals surface area contributed by atoms with Gasteiger partial charge in [0.2, 0.25) is 15.9 Å². The zero-order valence-corrected chi connectivity index (χ0v) is 15.4. The maximum absolute atomic E-state index is 12.2. The molecule has 26 heavy (non-hydrogen) atoms. The predicted molar refractivity (Wildman–Crippen MR) is 95.4 cm³/mol. The van der Waals surface area contributed by atoms with Gasteiger partial charge in [-0.1, -0.05) is 0 Å². The number of likely N-dealkylation sites (tertiary alicyclic amines) is 1. The molecule has 0 bridgehead atoms. The molecule has 8 nitrogen and oxygen atoms in total. The minimum Gasteiger partial charge on any atom is -0.465 e. The lowest BCUT2D eigenvalue weighted by Gasteiger charge is -2.31. The summed E-state index contributed by atoms with van der Waals surface area (Å²) in [5.74, 6) is 0.786. The Labute approximate surface area is 152 Å². The normalized spacial score (nSPS) is 16.4. The van der Waals surface area contributed by atoms with Gasteiger partial charge in [-0.05, 0) is 37.0 Å². The van der Waals surface area contributed by atoms with Gasteiger partial charge in [-0.3, -0.25) is 9.48 Å². The summed E-state index contributed by atoms with van der Waals surface area (Å²) in [6.07, 6.45) is 9.03. The third-order valence-corrected chi connectivity index (χ3v) is 5.79. The van der Waals surface area contributed by atoms with Crippen molar-refractivity contribution in [2.45, 2.75) is 17.7 Å². The number of carbonyl (C=O) groups is 1. The van der Waals surface area contributed by atoms with Crippen molar-refractivity contribution in [1.29, 1.82) is 0 Å². The fraction of sp³-hybridized carbons (Fsp3) is 0.412. The Bertz CT molecular complexity index is 862. The van der Waals surface area contributed by atoms with Crippen LogP contribution < -0.4 is 4.72 Å². The first-order valence-electron chi connectivity index (χ1n) is 8.43. The summed E-state index contributed by atoms with van der Waals surface area (Å²) in [6, 6.07) is 3.55. The third kappa shape index (κ3) is 4.61. The number of hydrogen-bond acceptors (Lipinski definition) is 5. The predicted octanol–water partition coefficient (Wildman–Crippen LogP) is 1.24. The highest BCUT2D eigenvalue weighted by atomic mass is 32.2. The van der Waals surface area contributed by atoms with Crippen molar-refractivity contribution in [3.05, 3.63) is 42.6 Å². The van der Waals surface area contributed by atoms with Crippen LogP contribution in [-0.2, 0) is 21.9 Å². The molecule has 0 aromatic carbocycles. The second kappa shape index (κ2) is 7.88. The highest BCUT2D eigenvalue weighted by Gasteiger charge is 2.24. The molecule has 1 N–H and O–H groups in total. The van der Waals surface area contributed by atoms with Crippen molar-refractivity contribution < 1.29 is 17.6 Å². The Kier molecular flexibility index (Phi) is 5.58. The van der Waals surface area contributed by atoms with E-state index in [9.17, 15) is 13.2 Å². The van der Waals surface area contributed by atoms with E-state index in [0.29, 0.717) is 25.4 Å². The van der Waals surface area contributed by atoms with Gasteiger partial charge in [0, 0.05) is 39.0 Å². The summed E-state index contributed by atoms with van der Waals surface area (Å²) in [5, 5.41) is 3.88. The van der Waals surface area contributed by atoms with Crippen LogP contribution in [0.3, 0.4) is 0 Å². The van der Waals surface area contributed by atoms with E-state index in [1.807, 2.05) is 0 Å². The van der Waals surface area contributed by atoms with Gasteiger partial charge in [0.25, 0.3) is 0 Å². The average Bonchev–Trinajstić information content (AvgIpc) is 3.30. The minimum absolute atomic E-state index is 0.0595. The fourth-order valence-corrected chi connectivity index (χ4v) is 3.95.